The number of hydrogen-bond acceptors (Lipinski definition) is 5. The van der Waals surface area contributed by atoms with Crippen LogP contribution in [0, 0.1) is 15.9 Å². The third-order valence-electron chi connectivity index (χ3n) is 3.31. The molecule has 0 heterocycles. The average molecular weight is 358 g/mol. The van der Waals surface area contributed by atoms with Gasteiger partial charge < -0.3 is 10.1 Å². The lowest BCUT2D eigenvalue weighted by molar-refractivity contribution is -0.384. The molecule has 26 heavy (non-hydrogen) atoms. The lowest BCUT2D eigenvalue weighted by atomic mass is 10.2. The number of hydrogen-bond donors (Lipinski definition) is 1. The number of nitrogens with one attached hydrogen (secondary N) is 1. The van der Waals surface area contributed by atoms with E-state index in [4.69, 9.17) is 4.74 Å². The van der Waals surface area contributed by atoms with Gasteiger partial charge in [-0.2, -0.15) is 0 Å². The SMILES string of the molecule is C[C@H](OC(=O)/C=C/c1ccc([N+](=O)[O-])cc1)C(=O)Nc1ccccc1F. The number of rotatable bonds is 6. The van der Waals surface area contributed by atoms with Crippen molar-refractivity contribution in [2.45, 2.75) is 13.0 Å². The van der Waals surface area contributed by atoms with Crippen LogP contribution < -0.4 is 5.32 Å². The second kappa shape index (κ2) is 8.52. The summed E-state index contributed by atoms with van der Waals surface area (Å²) in [5.74, 6) is -2.05. The minimum atomic E-state index is -1.14. The molecule has 2 aromatic rings. The van der Waals surface area contributed by atoms with Crippen LogP contribution in [0.15, 0.2) is 54.6 Å². The molecule has 0 aliphatic rings. The first kappa shape index (κ1) is 18.8. The summed E-state index contributed by atoms with van der Waals surface area (Å²) in [7, 11) is 0. The second-order valence-corrected chi connectivity index (χ2v) is 5.23. The Kier molecular flexibility index (Phi) is 6.15. The van der Waals surface area contributed by atoms with Crippen LogP contribution in [0.4, 0.5) is 15.8 Å². The first-order valence-corrected chi connectivity index (χ1v) is 7.55. The zero-order chi connectivity index (χ0) is 19.1. The number of halogens is 1. The van der Waals surface area contributed by atoms with E-state index in [1.807, 2.05) is 0 Å². The van der Waals surface area contributed by atoms with Gasteiger partial charge in [0.25, 0.3) is 11.6 Å². The van der Waals surface area contributed by atoms with Crippen molar-refractivity contribution in [1.29, 1.82) is 0 Å². The van der Waals surface area contributed by atoms with E-state index in [2.05, 4.69) is 5.32 Å². The minimum absolute atomic E-state index is 0.0122. The highest BCUT2D eigenvalue weighted by Crippen LogP contribution is 2.14. The third-order valence-corrected chi connectivity index (χ3v) is 3.31. The van der Waals surface area contributed by atoms with Gasteiger partial charge in [0.15, 0.2) is 6.10 Å². The van der Waals surface area contributed by atoms with Crippen molar-refractivity contribution in [3.8, 4) is 0 Å². The Balaban J connectivity index is 1.90. The molecule has 1 amide bonds. The predicted molar refractivity (Wildman–Crippen MR) is 92.7 cm³/mol. The van der Waals surface area contributed by atoms with E-state index in [1.165, 1.54) is 55.5 Å². The number of nitro groups is 1. The topological polar surface area (TPSA) is 98.5 Å². The first-order valence-electron chi connectivity index (χ1n) is 7.55. The van der Waals surface area contributed by atoms with Crippen molar-refractivity contribution in [2.24, 2.45) is 0 Å². The number of amides is 1. The molecule has 134 valence electrons. The molecular weight excluding hydrogens is 343 g/mol. The van der Waals surface area contributed by atoms with Crippen molar-refractivity contribution < 1.29 is 23.6 Å². The predicted octanol–water partition coefficient (Wildman–Crippen LogP) is 3.32. The Morgan fingerprint density at radius 1 is 1.19 bits per heavy atom. The zero-order valence-corrected chi connectivity index (χ0v) is 13.7. The molecule has 0 fully saturated rings. The molecule has 2 aromatic carbocycles. The highest BCUT2D eigenvalue weighted by molar-refractivity contribution is 5.96. The molecule has 8 heteroatoms. The van der Waals surface area contributed by atoms with Crippen LogP contribution in [0.3, 0.4) is 0 Å². The van der Waals surface area contributed by atoms with Crippen LogP contribution in [0.2, 0.25) is 0 Å². The van der Waals surface area contributed by atoms with E-state index in [0.717, 1.165) is 6.08 Å². The molecule has 0 saturated carbocycles. The van der Waals surface area contributed by atoms with Crippen molar-refractivity contribution >= 4 is 29.3 Å². The zero-order valence-electron chi connectivity index (χ0n) is 13.7. The fraction of sp³-hybridized carbons (Fsp3) is 0.111. The summed E-state index contributed by atoms with van der Waals surface area (Å²) < 4.78 is 18.4. The monoisotopic (exact) mass is 358 g/mol. The lowest BCUT2D eigenvalue weighted by Gasteiger charge is -2.12. The molecule has 0 bridgehead atoms. The summed E-state index contributed by atoms with van der Waals surface area (Å²) in [6.45, 7) is 1.35. The lowest BCUT2D eigenvalue weighted by Crippen LogP contribution is -2.29. The molecule has 2 rings (SSSR count). The molecular formula is C18H15FN2O5. The number of benzene rings is 2. The number of carbonyl (C=O) groups is 2. The second-order valence-electron chi connectivity index (χ2n) is 5.23. The number of non-ortho nitro benzene ring substituents is 1. The normalized spacial score (nSPS) is 11.8. The van der Waals surface area contributed by atoms with Gasteiger partial charge in [0.1, 0.15) is 5.82 Å². The molecule has 0 spiro atoms. The smallest absolute Gasteiger partial charge is 0.331 e. The summed E-state index contributed by atoms with van der Waals surface area (Å²) >= 11 is 0. The maximum atomic E-state index is 13.5. The van der Waals surface area contributed by atoms with Gasteiger partial charge in [-0.25, -0.2) is 9.18 Å². The van der Waals surface area contributed by atoms with Gasteiger partial charge in [-0.3, -0.25) is 14.9 Å². The minimum Gasteiger partial charge on any atom is -0.449 e. The highest BCUT2D eigenvalue weighted by atomic mass is 19.1. The summed E-state index contributed by atoms with van der Waals surface area (Å²) in [4.78, 5) is 33.7. The molecule has 0 unspecified atom stereocenters. The first-order chi connectivity index (χ1) is 12.4. The quantitative estimate of drug-likeness (QED) is 0.370. The average Bonchev–Trinajstić information content (AvgIpc) is 2.62. The van der Waals surface area contributed by atoms with Gasteiger partial charge in [-0.05, 0) is 42.8 Å². The summed E-state index contributed by atoms with van der Waals surface area (Å²) in [5.41, 5.74) is 0.473. The van der Waals surface area contributed by atoms with Crippen molar-refractivity contribution in [1.82, 2.24) is 0 Å². The summed E-state index contributed by atoms with van der Waals surface area (Å²) in [5, 5.41) is 12.9. The van der Waals surface area contributed by atoms with Gasteiger partial charge in [-0.15, -0.1) is 0 Å². The van der Waals surface area contributed by atoms with E-state index in [0.29, 0.717) is 5.56 Å². The molecule has 0 radical (unpaired) electrons. The van der Waals surface area contributed by atoms with Crippen LogP contribution in [-0.2, 0) is 14.3 Å². The number of anilines is 1. The van der Waals surface area contributed by atoms with Crippen LogP contribution >= 0.6 is 0 Å². The Hall–Kier alpha value is -3.55. The number of ether oxygens (including phenoxy) is 1. The number of nitro benzene ring substituents is 1. The molecule has 7 nitrogen and oxygen atoms in total. The van der Waals surface area contributed by atoms with Crippen LogP contribution in [0.1, 0.15) is 12.5 Å². The van der Waals surface area contributed by atoms with Crippen LogP contribution in [-0.4, -0.2) is 22.9 Å². The Morgan fingerprint density at radius 3 is 2.46 bits per heavy atom. The molecule has 0 aliphatic heterocycles. The molecule has 0 saturated heterocycles. The number of esters is 1. The maximum Gasteiger partial charge on any atom is 0.331 e. The van der Waals surface area contributed by atoms with E-state index in [9.17, 15) is 24.1 Å². The van der Waals surface area contributed by atoms with Gasteiger partial charge in [-0.1, -0.05) is 12.1 Å². The molecule has 1 N–H and O–H groups in total. The van der Waals surface area contributed by atoms with Gasteiger partial charge in [0.2, 0.25) is 0 Å². The number of para-hydroxylation sites is 1. The maximum absolute atomic E-state index is 13.5. The highest BCUT2D eigenvalue weighted by Gasteiger charge is 2.17. The Labute approximate surface area is 148 Å². The van der Waals surface area contributed by atoms with Crippen LogP contribution in [0.25, 0.3) is 6.08 Å². The standard InChI is InChI=1S/C18H15FN2O5/c1-12(18(23)20-16-5-3-2-4-15(16)19)26-17(22)11-8-13-6-9-14(10-7-13)21(24)25/h2-12H,1H3,(H,20,23)/b11-8+/t12-/m0/s1. The largest absolute Gasteiger partial charge is 0.449 e. The number of nitrogens with zero attached hydrogens (tertiary/aromatic N) is 1. The molecule has 0 aliphatic carbocycles. The van der Waals surface area contributed by atoms with Gasteiger partial charge in [0, 0.05) is 18.2 Å². The van der Waals surface area contributed by atoms with Crippen LogP contribution in [0.5, 0.6) is 0 Å². The van der Waals surface area contributed by atoms with E-state index in [-0.39, 0.29) is 11.4 Å². The van der Waals surface area contributed by atoms with Crippen molar-refractivity contribution in [2.75, 3.05) is 5.32 Å². The Bertz CT molecular complexity index is 849. The fourth-order valence-corrected chi connectivity index (χ4v) is 1.94. The van der Waals surface area contributed by atoms with E-state index >= 15 is 0 Å². The van der Waals surface area contributed by atoms with Crippen molar-refractivity contribution in [3.63, 3.8) is 0 Å². The summed E-state index contributed by atoms with van der Waals surface area (Å²) in [6.07, 6.45) is 1.35. The van der Waals surface area contributed by atoms with E-state index in [1.54, 1.807) is 6.07 Å². The van der Waals surface area contributed by atoms with E-state index < -0.39 is 28.7 Å². The molecule has 0 aromatic heterocycles. The van der Waals surface area contributed by atoms with Gasteiger partial charge >= 0.3 is 5.97 Å². The van der Waals surface area contributed by atoms with Crippen molar-refractivity contribution in [3.05, 3.63) is 76.1 Å². The van der Waals surface area contributed by atoms with Gasteiger partial charge in [0.05, 0.1) is 10.6 Å². The molecule has 1 atom stereocenters. The third kappa shape index (κ3) is 5.23. The fourth-order valence-electron chi connectivity index (χ4n) is 1.94. The number of carbonyl (C=O) groups excluding carboxylic acids is 2. The Morgan fingerprint density at radius 2 is 1.85 bits per heavy atom. The summed E-state index contributed by atoms with van der Waals surface area (Å²) in [6, 6.07) is 11.2.